The topological polar surface area (TPSA) is 161 Å². The van der Waals surface area contributed by atoms with Crippen molar-refractivity contribution in [3.8, 4) is 11.5 Å². The van der Waals surface area contributed by atoms with E-state index in [0.717, 1.165) is 6.42 Å². The molecule has 1 rings (SSSR count). The van der Waals surface area contributed by atoms with Crippen LogP contribution in [0.5, 0.6) is 11.5 Å². The van der Waals surface area contributed by atoms with Gasteiger partial charge in [0.05, 0.1) is 6.61 Å². The van der Waals surface area contributed by atoms with Crippen molar-refractivity contribution in [3.05, 3.63) is 23.8 Å². The Labute approximate surface area is 236 Å². The molecule has 226 valence electrons. The van der Waals surface area contributed by atoms with Gasteiger partial charge in [0, 0.05) is 12.3 Å². The summed E-state index contributed by atoms with van der Waals surface area (Å²) in [5, 5.41) is 9.70. The molecule has 0 aliphatic heterocycles. The first-order chi connectivity index (χ1) is 18.7. The number of esters is 1. The molecule has 0 aliphatic carbocycles. The Balaban J connectivity index is 3.37. The van der Waals surface area contributed by atoms with E-state index in [1.165, 1.54) is 18.2 Å². The number of unbranched alkanes of at least 4 members (excludes halogenated alkanes) is 1. The number of hydrogen-bond acceptors (Lipinski definition) is 10. The van der Waals surface area contributed by atoms with E-state index in [-0.39, 0.29) is 42.3 Å². The van der Waals surface area contributed by atoms with Gasteiger partial charge in [0.1, 0.15) is 18.2 Å². The van der Waals surface area contributed by atoms with Gasteiger partial charge in [-0.25, -0.2) is 9.59 Å². The van der Waals surface area contributed by atoms with Crippen molar-refractivity contribution in [3.63, 3.8) is 0 Å². The Kier molecular flexibility index (Phi) is 14.5. The van der Waals surface area contributed by atoms with E-state index in [0.29, 0.717) is 12.0 Å². The second-order valence-corrected chi connectivity index (χ2v) is 10.7. The lowest BCUT2D eigenvalue weighted by Crippen LogP contribution is -2.40. The highest BCUT2D eigenvalue weighted by molar-refractivity contribution is 5.75. The number of rotatable bonds is 15. The normalized spacial score (nSPS) is 15.0. The van der Waals surface area contributed by atoms with Gasteiger partial charge in [-0.3, -0.25) is 9.59 Å². The van der Waals surface area contributed by atoms with Gasteiger partial charge in [-0.2, -0.15) is 0 Å². The van der Waals surface area contributed by atoms with E-state index < -0.39 is 48.4 Å². The molecule has 0 saturated heterocycles. The Hall–Kier alpha value is -3.34. The SMILES string of the molecule is CCCCC(=O)OCC(C)C(c1ccc(OC(=O)OC(C)C(C)C)c(OC(=O)OC(C)C(C)C)c1)[C@H](N)C(=O)O. The molecule has 0 spiro atoms. The van der Waals surface area contributed by atoms with Crippen LogP contribution in [0.3, 0.4) is 0 Å². The minimum Gasteiger partial charge on any atom is -0.480 e. The fourth-order valence-electron chi connectivity index (χ4n) is 3.46. The van der Waals surface area contributed by atoms with E-state index in [2.05, 4.69) is 0 Å². The van der Waals surface area contributed by atoms with Crippen molar-refractivity contribution < 1.29 is 48.0 Å². The third kappa shape index (κ3) is 11.4. The number of nitrogens with two attached hydrogens (primary N) is 1. The van der Waals surface area contributed by atoms with Crippen molar-refractivity contribution >= 4 is 24.2 Å². The fraction of sp³-hybridized carbons (Fsp3) is 0.655. The van der Waals surface area contributed by atoms with Crippen LogP contribution in [0, 0.1) is 17.8 Å². The first-order valence-corrected chi connectivity index (χ1v) is 13.7. The van der Waals surface area contributed by atoms with Gasteiger partial charge in [-0.15, -0.1) is 0 Å². The second kappa shape index (κ2) is 16.7. The maximum atomic E-state index is 12.6. The van der Waals surface area contributed by atoms with E-state index in [4.69, 9.17) is 29.4 Å². The molecule has 0 saturated carbocycles. The lowest BCUT2D eigenvalue weighted by atomic mass is 9.82. The average Bonchev–Trinajstić information content (AvgIpc) is 2.87. The number of carbonyl (C=O) groups is 4. The maximum absolute atomic E-state index is 12.6. The molecule has 0 bridgehead atoms. The highest BCUT2D eigenvalue weighted by Crippen LogP contribution is 2.36. The highest BCUT2D eigenvalue weighted by atomic mass is 16.7. The van der Waals surface area contributed by atoms with Crippen molar-refractivity contribution in [2.75, 3.05) is 6.61 Å². The molecular formula is C29H45NO10. The summed E-state index contributed by atoms with van der Waals surface area (Å²) in [7, 11) is 0. The monoisotopic (exact) mass is 567 g/mol. The Morgan fingerprint density at radius 3 is 1.85 bits per heavy atom. The number of aliphatic carboxylic acids is 1. The molecule has 4 unspecified atom stereocenters. The van der Waals surface area contributed by atoms with Crippen molar-refractivity contribution in [1.82, 2.24) is 0 Å². The zero-order valence-corrected chi connectivity index (χ0v) is 24.8. The second-order valence-electron chi connectivity index (χ2n) is 10.7. The summed E-state index contributed by atoms with van der Waals surface area (Å²) in [6.07, 6.45) is -1.18. The summed E-state index contributed by atoms with van der Waals surface area (Å²) < 4.78 is 26.6. The van der Waals surface area contributed by atoms with Crippen LogP contribution in [0.25, 0.3) is 0 Å². The molecule has 1 aromatic rings. The molecule has 40 heavy (non-hydrogen) atoms. The van der Waals surface area contributed by atoms with E-state index in [1.807, 2.05) is 34.6 Å². The summed E-state index contributed by atoms with van der Waals surface area (Å²) in [6.45, 7) is 14.5. The van der Waals surface area contributed by atoms with Crippen LogP contribution in [-0.4, -0.2) is 54.2 Å². The smallest absolute Gasteiger partial charge is 0.480 e. The largest absolute Gasteiger partial charge is 0.514 e. The maximum Gasteiger partial charge on any atom is 0.514 e. The van der Waals surface area contributed by atoms with Gasteiger partial charge in [0.25, 0.3) is 0 Å². The predicted octanol–water partition coefficient (Wildman–Crippen LogP) is 5.67. The van der Waals surface area contributed by atoms with Crippen molar-refractivity contribution in [2.24, 2.45) is 23.5 Å². The van der Waals surface area contributed by atoms with Crippen LogP contribution in [0.15, 0.2) is 18.2 Å². The molecule has 5 atom stereocenters. The molecule has 0 fully saturated rings. The first-order valence-electron chi connectivity index (χ1n) is 13.7. The predicted molar refractivity (Wildman–Crippen MR) is 147 cm³/mol. The molecule has 11 heteroatoms. The molecular weight excluding hydrogens is 522 g/mol. The van der Waals surface area contributed by atoms with Gasteiger partial charge in [0.2, 0.25) is 0 Å². The Bertz CT molecular complexity index is 993. The number of carbonyl (C=O) groups excluding carboxylic acids is 3. The zero-order valence-electron chi connectivity index (χ0n) is 24.8. The zero-order chi connectivity index (χ0) is 30.6. The quantitative estimate of drug-likeness (QED) is 0.153. The van der Waals surface area contributed by atoms with Crippen LogP contribution >= 0.6 is 0 Å². The van der Waals surface area contributed by atoms with Gasteiger partial charge in [-0.05, 0) is 55.7 Å². The molecule has 11 nitrogen and oxygen atoms in total. The van der Waals surface area contributed by atoms with Crippen LogP contribution < -0.4 is 15.2 Å². The molecule has 0 aliphatic rings. The van der Waals surface area contributed by atoms with Gasteiger partial charge in [0.15, 0.2) is 11.5 Å². The molecule has 0 heterocycles. The molecule has 3 N–H and O–H groups in total. The third-order valence-electron chi connectivity index (χ3n) is 6.71. The fourth-order valence-corrected chi connectivity index (χ4v) is 3.46. The lowest BCUT2D eigenvalue weighted by molar-refractivity contribution is -0.145. The van der Waals surface area contributed by atoms with Gasteiger partial charge >= 0.3 is 24.2 Å². The molecule has 0 aromatic heterocycles. The minimum absolute atomic E-state index is 0.0148. The lowest BCUT2D eigenvalue weighted by Gasteiger charge is -2.28. The van der Waals surface area contributed by atoms with Crippen LogP contribution in [0.2, 0.25) is 0 Å². The number of carboxylic acid groups (broad SMARTS) is 1. The van der Waals surface area contributed by atoms with Gasteiger partial charge < -0.3 is 34.5 Å². The van der Waals surface area contributed by atoms with Crippen LogP contribution in [0.4, 0.5) is 9.59 Å². The summed E-state index contributed by atoms with van der Waals surface area (Å²) in [4.78, 5) is 48.9. The van der Waals surface area contributed by atoms with E-state index >= 15 is 0 Å². The highest BCUT2D eigenvalue weighted by Gasteiger charge is 2.33. The number of hydrogen-bond donors (Lipinski definition) is 2. The standard InChI is InChI=1S/C29H45NO10/c1-9-10-11-24(31)36-15-18(6)25(26(30)27(32)33)21-12-13-22(39-28(34)37-19(7)16(2)3)23(14-21)40-29(35)38-20(8)17(4)5/h12-14,16-20,25-26H,9-11,15,30H2,1-8H3,(H,32,33)/t18?,19?,20?,25?,26-/m0/s1. The number of ether oxygens (including phenoxy) is 5. The summed E-state index contributed by atoms with van der Waals surface area (Å²) in [6, 6.07) is 2.84. The van der Waals surface area contributed by atoms with E-state index in [1.54, 1.807) is 20.8 Å². The molecule has 0 amide bonds. The summed E-state index contributed by atoms with van der Waals surface area (Å²) >= 11 is 0. The first kappa shape index (κ1) is 34.7. The minimum atomic E-state index is -1.38. The van der Waals surface area contributed by atoms with Crippen LogP contribution in [0.1, 0.15) is 86.1 Å². The van der Waals surface area contributed by atoms with Crippen molar-refractivity contribution in [1.29, 1.82) is 0 Å². The summed E-state index contributed by atoms with van der Waals surface area (Å²) in [5.74, 6) is -3.32. The average molecular weight is 568 g/mol. The number of benzene rings is 1. The van der Waals surface area contributed by atoms with Crippen molar-refractivity contribution in [2.45, 2.75) is 98.8 Å². The molecule has 1 aromatic carbocycles. The molecule has 0 radical (unpaired) electrons. The summed E-state index contributed by atoms with van der Waals surface area (Å²) in [5.41, 5.74) is 6.42. The third-order valence-corrected chi connectivity index (χ3v) is 6.71. The van der Waals surface area contributed by atoms with Crippen LogP contribution in [-0.2, 0) is 23.8 Å². The van der Waals surface area contributed by atoms with Gasteiger partial charge in [-0.1, -0.05) is 54.0 Å². The Morgan fingerprint density at radius 1 is 0.850 bits per heavy atom. The van der Waals surface area contributed by atoms with E-state index in [9.17, 15) is 24.3 Å². The Morgan fingerprint density at radius 2 is 1.38 bits per heavy atom. The number of carboxylic acids is 1.